The Morgan fingerprint density at radius 1 is 1.36 bits per heavy atom. The van der Waals surface area contributed by atoms with Gasteiger partial charge >= 0.3 is 0 Å². The summed E-state index contributed by atoms with van der Waals surface area (Å²) in [5.41, 5.74) is 0.795. The van der Waals surface area contributed by atoms with Gasteiger partial charge in [-0.25, -0.2) is 0 Å². The van der Waals surface area contributed by atoms with E-state index in [1.807, 2.05) is 42.4 Å². The molecule has 1 aliphatic rings. The summed E-state index contributed by atoms with van der Waals surface area (Å²) in [6.07, 6.45) is 5.55. The van der Waals surface area contributed by atoms with Gasteiger partial charge in [-0.05, 0) is 40.2 Å². The maximum absolute atomic E-state index is 12.1. The fourth-order valence-electron chi connectivity index (χ4n) is 2.17. The number of likely N-dealkylation sites (N-methyl/N-ethyl adjacent to an activating group) is 1. The number of hydrogen-bond donors (Lipinski definition) is 0. The van der Waals surface area contributed by atoms with Crippen molar-refractivity contribution in [3.05, 3.63) is 68.2 Å². The van der Waals surface area contributed by atoms with E-state index in [1.165, 1.54) is 11.3 Å². The van der Waals surface area contributed by atoms with E-state index in [9.17, 15) is 10.1 Å². The molecular weight excluding hydrogens is 362 g/mol. The molecule has 22 heavy (non-hydrogen) atoms. The van der Waals surface area contributed by atoms with Gasteiger partial charge in [0.2, 0.25) is 0 Å². The van der Waals surface area contributed by atoms with Crippen molar-refractivity contribution in [3.8, 4) is 6.07 Å². The maximum Gasteiger partial charge on any atom is 0.279 e. The number of hydrogen-bond acceptors (Lipinski definition) is 5. The van der Waals surface area contributed by atoms with Crippen molar-refractivity contribution in [2.75, 3.05) is 7.05 Å². The lowest BCUT2D eigenvalue weighted by Crippen LogP contribution is -2.15. The molecule has 0 saturated carbocycles. The number of aromatic nitrogens is 1. The summed E-state index contributed by atoms with van der Waals surface area (Å²) in [4.78, 5) is 18.1. The Kier molecular flexibility index (Phi) is 3.92. The molecule has 0 fully saturated rings. The normalized spacial score (nSPS) is 16.4. The molecule has 6 heteroatoms. The van der Waals surface area contributed by atoms with Gasteiger partial charge in [0.15, 0.2) is 0 Å². The summed E-state index contributed by atoms with van der Waals surface area (Å²) < 4.78 is 1.74. The highest BCUT2D eigenvalue weighted by atomic mass is 79.9. The van der Waals surface area contributed by atoms with Crippen LogP contribution in [0, 0.1) is 11.3 Å². The third-order valence-electron chi connectivity index (χ3n) is 3.21. The molecule has 0 atom stereocenters. The van der Waals surface area contributed by atoms with Crippen molar-refractivity contribution in [2.45, 2.75) is 0 Å². The molecule has 0 saturated heterocycles. The summed E-state index contributed by atoms with van der Waals surface area (Å²) in [5, 5.41) is 10.6. The second-order valence-corrected chi connectivity index (χ2v) is 6.60. The van der Waals surface area contributed by atoms with Crippen LogP contribution < -0.4 is 5.56 Å². The zero-order valence-electron chi connectivity index (χ0n) is 11.6. The second kappa shape index (κ2) is 5.87. The average molecular weight is 372 g/mol. The lowest BCUT2D eigenvalue weighted by molar-refractivity contribution is 0.586. The minimum absolute atomic E-state index is 0.308. The van der Waals surface area contributed by atoms with Crippen molar-refractivity contribution >= 4 is 42.9 Å². The van der Waals surface area contributed by atoms with Crippen LogP contribution in [0.1, 0.15) is 5.01 Å². The van der Waals surface area contributed by atoms with Crippen LogP contribution in [0.5, 0.6) is 0 Å². The van der Waals surface area contributed by atoms with Crippen LogP contribution in [0.15, 0.2) is 57.6 Å². The fraction of sp³-hybridized carbons (Fsp3) is 0.0625. The third kappa shape index (κ3) is 2.61. The molecule has 0 radical (unpaired) electrons. The molecule has 0 spiro atoms. The van der Waals surface area contributed by atoms with E-state index in [1.54, 1.807) is 12.1 Å². The van der Waals surface area contributed by atoms with E-state index in [4.69, 9.17) is 0 Å². The predicted molar refractivity (Wildman–Crippen MR) is 92.3 cm³/mol. The summed E-state index contributed by atoms with van der Waals surface area (Å²) in [6.45, 7) is 0. The highest BCUT2D eigenvalue weighted by molar-refractivity contribution is 9.11. The van der Waals surface area contributed by atoms with Gasteiger partial charge in [-0.1, -0.05) is 12.1 Å². The quantitative estimate of drug-likeness (QED) is 0.718. The molecule has 1 aromatic carbocycles. The molecule has 2 heterocycles. The Hall–Kier alpha value is -2.23. The van der Waals surface area contributed by atoms with Crippen molar-refractivity contribution in [1.29, 1.82) is 5.26 Å². The predicted octanol–water partition coefficient (Wildman–Crippen LogP) is 3.63. The second-order valence-electron chi connectivity index (χ2n) is 4.65. The van der Waals surface area contributed by atoms with E-state index in [2.05, 4.69) is 27.0 Å². The zero-order chi connectivity index (χ0) is 15.7. The smallest absolute Gasteiger partial charge is 0.279 e. The SMILES string of the molecule is CN1C=C(Br)C=C/C1=C(/C#N)c1nc(=O)c2ccccc2s1. The molecule has 0 unspecified atom stereocenters. The van der Waals surface area contributed by atoms with Gasteiger partial charge in [0.25, 0.3) is 5.56 Å². The molecule has 0 N–H and O–H groups in total. The van der Waals surface area contributed by atoms with Gasteiger partial charge in [-0.15, -0.1) is 11.3 Å². The molecule has 4 nitrogen and oxygen atoms in total. The lowest BCUT2D eigenvalue weighted by Gasteiger charge is -2.20. The molecule has 2 aromatic rings. The number of fused-ring (bicyclic) bond motifs is 1. The molecule has 1 aliphatic heterocycles. The van der Waals surface area contributed by atoms with Crippen LogP contribution in [0.25, 0.3) is 15.7 Å². The van der Waals surface area contributed by atoms with Gasteiger partial charge in [0.1, 0.15) is 16.6 Å². The van der Waals surface area contributed by atoms with Gasteiger partial charge in [0, 0.05) is 22.4 Å². The van der Waals surface area contributed by atoms with E-state index in [-0.39, 0.29) is 5.56 Å². The Morgan fingerprint density at radius 3 is 2.86 bits per heavy atom. The highest BCUT2D eigenvalue weighted by Crippen LogP contribution is 2.29. The summed E-state index contributed by atoms with van der Waals surface area (Å²) in [6, 6.07) is 9.46. The molecule has 0 aliphatic carbocycles. The van der Waals surface area contributed by atoms with Crippen molar-refractivity contribution in [2.24, 2.45) is 0 Å². The first kappa shape index (κ1) is 14.7. The van der Waals surface area contributed by atoms with E-state index in [0.717, 1.165) is 9.18 Å². The summed E-state index contributed by atoms with van der Waals surface area (Å²) >= 11 is 4.74. The van der Waals surface area contributed by atoms with Crippen LogP contribution in [0.2, 0.25) is 0 Å². The molecule has 108 valence electrons. The highest BCUT2D eigenvalue weighted by Gasteiger charge is 2.16. The largest absolute Gasteiger partial charge is 0.349 e. The Balaban J connectivity index is 2.23. The fourth-order valence-corrected chi connectivity index (χ4v) is 3.61. The Labute approximate surface area is 139 Å². The summed E-state index contributed by atoms with van der Waals surface area (Å²) in [5.74, 6) is 0. The standard InChI is InChI=1S/C16H10BrN3OS/c1-20-9-10(17)6-7-13(20)12(8-18)16-19-15(21)11-4-2-3-5-14(11)22-16/h2-7,9H,1H3/b13-12+. The Bertz CT molecular complexity index is 950. The molecule has 3 rings (SSSR count). The van der Waals surface area contributed by atoms with Crippen molar-refractivity contribution in [3.63, 3.8) is 0 Å². The van der Waals surface area contributed by atoms with Crippen molar-refractivity contribution in [1.82, 2.24) is 9.88 Å². The van der Waals surface area contributed by atoms with Crippen LogP contribution >= 0.6 is 27.3 Å². The van der Waals surface area contributed by atoms with Crippen molar-refractivity contribution < 1.29 is 0 Å². The van der Waals surface area contributed by atoms with E-state index >= 15 is 0 Å². The first-order chi connectivity index (χ1) is 10.6. The maximum atomic E-state index is 12.1. The van der Waals surface area contributed by atoms with Gasteiger partial charge in [0.05, 0.1) is 11.1 Å². The van der Waals surface area contributed by atoms with Crippen LogP contribution in [-0.2, 0) is 0 Å². The topological polar surface area (TPSA) is 57.0 Å². The lowest BCUT2D eigenvalue weighted by atomic mass is 10.1. The Morgan fingerprint density at radius 2 is 2.14 bits per heavy atom. The molecule has 0 amide bonds. The van der Waals surface area contributed by atoms with E-state index < -0.39 is 0 Å². The van der Waals surface area contributed by atoms with Crippen LogP contribution in [-0.4, -0.2) is 16.9 Å². The molecular formula is C16H10BrN3OS. The van der Waals surface area contributed by atoms with Gasteiger partial charge < -0.3 is 4.90 Å². The van der Waals surface area contributed by atoms with Gasteiger partial charge in [-0.3, -0.25) is 4.79 Å². The first-order valence-corrected chi connectivity index (χ1v) is 8.04. The molecule has 1 aromatic heterocycles. The van der Waals surface area contributed by atoms with E-state index in [0.29, 0.717) is 21.7 Å². The molecule has 0 bridgehead atoms. The minimum Gasteiger partial charge on any atom is -0.349 e. The van der Waals surface area contributed by atoms with Gasteiger partial charge in [-0.2, -0.15) is 10.2 Å². The number of nitriles is 1. The monoisotopic (exact) mass is 371 g/mol. The number of nitrogens with zero attached hydrogens (tertiary/aromatic N) is 3. The third-order valence-corrected chi connectivity index (χ3v) is 4.74. The summed E-state index contributed by atoms with van der Waals surface area (Å²) in [7, 11) is 1.85. The van der Waals surface area contributed by atoms with Crippen LogP contribution in [0.3, 0.4) is 0 Å². The van der Waals surface area contributed by atoms with Crippen LogP contribution in [0.4, 0.5) is 0 Å². The first-order valence-electron chi connectivity index (χ1n) is 6.43. The number of rotatable bonds is 1. The average Bonchev–Trinajstić information content (AvgIpc) is 2.50. The number of benzene rings is 1. The number of halogens is 1. The zero-order valence-corrected chi connectivity index (χ0v) is 14.0. The number of allylic oxidation sites excluding steroid dienone is 4. The minimum atomic E-state index is -0.308.